The van der Waals surface area contributed by atoms with E-state index in [0.717, 1.165) is 11.1 Å². The van der Waals surface area contributed by atoms with E-state index in [4.69, 9.17) is 26.3 Å². The van der Waals surface area contributed by atoms with Crippen LogP contribution >= 0.6 is 11.6 Å². The average molecular weight is 461 g/mol. The highest BCUT2D eigenvalue weighted by atomic mass is 35.5. The zero-order chi connectivity index (χ0) is 22.9. The molecule has 1 unspecified atom stereocenters. The van der Waals surface area contributed by atoms with Crippen molar-refractivity contribution in [2.24, 2.45) is 0 Å². The summed E-state index contributed by atoms with van der Waals surface area (Å²) in [5, 5.41) is 9.68. The van der Waals surface area contributed by atoms with Gasteiger partial charge in [0.1, 0.15) is 0 Å². The number of hydroxylamine groups is 1. The number of carbonyl (C=O) groups excluding carboxylic acids is 2. The molecule has 1 heterocycles. The van der Waals surface area contributed by atoms with Gasteiger partial charge in [0, 0.05) is 36.2 Å². The van der Waals surface area contributed by atoms with Crippen molar-refractivity contribution in [1.29, 1.82) is 0 Å². The van der Waals surface area contributed by atoms with E-state index >= 15 is 0 Å². The molecule has 0 aromatic heterocycles. The summed E-state index contributed by atoms with van der Waals surface area (Å²) in [5.41, 5.74) is 4.30. The van der Waals surface area contributed by atoms with Crippen molar-refractivity contribution in [2.45, 2.75) is 31.8 Å². The van der Waals surface area contributed by atoms with E-state index in [-0.39, 0.29) is 18.2 Å². The average Bonchev–Trinajstić information content (AvgIpc) is 2.83. The van der Waals surface area contributed by atoms with Gasteiger partial charge in [-0.2, -0.15) is 0 Å². The SMILES string of the molecule is CCO[C@H](CC(=O)NO)C(Cc1ccc(Cl)cc1)c1ccc(C(=O)N2CCOCC2)cc1. The molecule has 0 aliphatic carbocycles. The van der Waals surface area contributed by atoms with Crippen molar-refractivity contribution >= 4 is 23.4 Å². The fourth-order valence-electron chi connectivity index (χ4n) is 3.92. The lowest BCUT2D eigenvalue weighted by Crippen LogP contribution is -2.40. The summed E-state index contributed by atoms with van der Waals surface area (Å²) in [6, 6.07) is 15.0. The molecule has 2 aromatic carbocycles. The van der Waals surface area contributed by atoms with Crippen molar-refractivity contribution in [3.05, 3.63) is 70.2 Å². The number of hydrogen-bond donors (Lipinski definition) is 2. The minimum atomic E-state index is -0.510. The van der Waals surface area contributed by atoms with Gasteiger partial charge in [-0.15, -0.1) is 0 Å². The molecule has 2 atom stereocenters. The van der Waals surface area contributed by atoms with Crippen molar-refractivity contribution in [3.63, 3.8) is 0 Å². The first-order chi connectivity index (χ1) is 15.5. The Bertz CT molecular complexity index is 882. The van der Waals surface area contributed by atoms with Gasteiger partial charge in [0.15, 0.2) is 0 Å². The van der Waals surface area contributed by atoms with Crippen LogP contribution in [0.15, 0.2) is 48.5 Å². The second-order valence-electron chi connectivity index (χ2n) is 7.70. The maximum atomic E-state index is 12.8. The van der Waals surface area contributed by atoms with Crippen LogP contribution in [0.3, 0.4) is 0 Å². The Kier molecular flexibility index (Phi) is 9.05. The number of benzene rings is 2. The number of rotatable bonds is 9. The number of nitrogens with one attached hydrogen (secondary N) is 1. The van der Waals surface area contributed by atoms with Gasteiger partial charge >= 0.3 is 0 Å². The van der Waals surface area contributed by atoms with E-state index in [1.807, 2.05) is 55.5 Å². The second kappa shape index (κ2) is 12.0. The number of hydrogen-bond acceptors (Lipinski definition) is 5. The molecular formula is C24H29ClN2O5. The van der Waals surface area contributed by atoms with Crippen LogP contribution in [0.2, 0.25) is 5.02 Å². The highest BCUT2D eigenvalue weighted by Crippen LogP contribution is 2.29. The van der Waals surface area contributed by atoms with Crippen molar-refractivity contribution < 1.29 is 24.3 Å². The number of amides is 2. The molecule has 8 heteroatoms. The van der Waals surface area contributed by atoms with Gasteiger partial charge in [-0.05, 0) is 48.7 Å². The van der Waals surface area contributed by atoms with Crippen molar-refractivity contribution in [2.75, 3.05) is 32.9 Å². The highest BCUT2D eigenvalue weighted by Gasteiger charge is 2.27. The van der Waals surface area contributed by atoms with E-state index < -0.39 is 12.0 Å². The Balaban J connectivity index is 1.85. The number of nitrogens with zero attached hydrogens (tertiary/aromatic N) is 1. The first-order valence-electron chi connectivity index (χ1n) is 10.8. The van der Waals surface area contributed by atoms with Gasteiger partial charge < -0.3 is 14.4 Å². The molecule has 0 spiro atoms. The third kappa shape index (κ3) is 6.53. The van der Waals surface area contributed by atoms with E-state index in [1.165, 1.54) is 0 Å². The van der Waals surface area contributed by atoms with E-state index in [9.17, 15) is 9.59 Å². The summed E-state index contributed by atoms with van der Waals surface area (Å²) in [7, 11) is 0. The van der Waals surface area contributed by atoms with Gasteiger partial charge in [0.25, 0.3) is 5.91 Å². The highest BCUT2D eigenvalue weighted by molar-refractivity contribution is 6.30. The molecule has 0 radical (unpaired) electrons. The summed E-state index contributed by atoms with van der Waals surface area (Å²) in [6.07, 6.45) is 0.164. The Morgan fingerprint density at radius 3 is 2.38 bits per heavy atom. The topological polar surface area (TPSA) is 88.1 Å². The zero-order valence-corrected chi connectivity index (χ0v) is 18.9. The van der Waals surface area contributed by atoms with E-state index in [0.29, 0.717) is 49.9 Å². The van der Waals surface area contributed by atoms with E-state index in [2.05, 4.69) is 0 Å². The molecule has 7 nitrogen and oxygen atoms in total. The maximum Gasteiger partial charge on any atom is 0.254 e. The molecule has 2 N–H and O–H groups in total. The Morgan fingerprint density at radius 2 is 1.78 bits per heavy atom. The minimum absolute atomic E-state index is 0.0110. The minimum Gasteiger partial charge on any atom is -0.378 e. The molecule has 172 valence electrons. The molecule has 2 aromatic rings. The molecule has 0 saturated carbocycles. The van der Waals surface area contributed by atoms with Crippen LogP contribution in [0.5, 0.6) is 0 Å². The first-order valence-corrected chi connectivity index (χ1v) is 11.2. The molecule has 1 aliphatic heterocycles. The fourth-order valence-corrected chi connectivity index (χ4v) is 4.05. The maximum absolute atomic E-state index is 12.8. The lowest BCUT2D eigenvalue weighted by Gasteiger charge is -2.28. The smallest absolute Gasteiger partial charge is 0.254 e. The molecule has 1 fully saturated rings. The predicted octanol–water partition coefficient (Wildman–Crippen LogP) is 3.44. The van der Waals surface area contributed by atoms with Crippen LogP contribution in [0, 0.1) is 0 Å². The molecular weight excluding hydrogens is 432 g/mol. The van der Waals surface area contributed by atoms with Gasteiger partial charge in [-0.1, -0.05) is 35.9 Å². The normalized spacial score (nSPS) is 15.8. The number of carbonyl (C=O) groups is 2. The summed E-state index contributed by atoms with van der Waals surface area (Å²) < 4.78 is 11.2. The van der Waals surface area contributed by atoms with Gasteiger partial charge in [0.2, 0.25) is 5.91 Å². The third-order valence-electron chi connectivity index (χ3n) is 5.59. The molecule has 2 amide bonds. The molecule has 0 bridgehead atoms. The molecule has 1 aliphatic rings. The lowest BCUT2D eigenvalue weighted by atomic mass is 9.85. The van der Waals surface area contributed by atoms with Gasteiger partial charge in [0.05, 0.1) is 25.7 Å². The van der Waals surface area contributed by atoms with Crippen LogP contribution in [0.1, 0.15) is 40.7 Å². The van der Waals surface area contributed by atoms with Crippen LogP contribution < -0.4 is 5.48 Å². The Morgan fingerprint density at radius 1 is 1.12 bits per heavy atom. The molecule has 32 heavy (non-hydrogen) atoms. The largest absolute Gasteiger partial charge is 0.378 e. The molecule has 3 rings (SSSR count). The van der Waals surface area contributed by atoms with E-state index in [1.54, 1.807) is 10.4 Å². The first kappa shape index (κ1) is 24.2. The quantitative estimate of drug-likeness (QED) is 0.442. The summed E-state index contributed by atoms with van der Waals surface area (Å²) in [6.45, 7) is 4.57. The van der Waals surface area contributed by atoms with Crippen LogP contribution in [-0.4, -0.2) is 60.9 Å². The Labute approximate surface area is 193 Å². The third-order valence-corrected chi connectivity index (χ3v) is 5.85. The predicted molar refractivity (Wildman–Crippen MR) is 121 cm³/mol. The Hall–Kier alpha value is -2.45. The monoisotopic (exact) mass is 460 g/mol. The lowest BCUT2D eigenvalue weighted by molar-refractivity contribution is -0.132. The van der Waals surface area contributed by atoms with Crippen LogP contribution in [-0.2, 0) is 20.7 Å². The van der Waals surface area contributed by atoms with Gasteiger partial charge in [-0.25, -0.2) is 5.48 Å². The number of ether oxygens (including phenoxy) is 2. The van der Waals surface area contributed by atoms with Crippen molar-refractivity contribution in [3.8, 4) is 0 Å². The fraction of sp³-hybridized carbons (Fsp3) is 0.417. The van der Waals surface area contributed by atoms with Crippen molar-refractivity contribution in [1.82, 2.24) is 10.4 Å². The number of halogens is 1. The number of morpholine rings is 1. The summed E-state index contributed by atoms with van der Waals surface area (Å²) in [4.78, 5) is 26.5. The van der Waals surface area contributed by atoms with Gasteiger partial charge in [-0.3, -0.25) is 14.8 Å². The van der Waals surface area contributed by atoms with Crippen LogP contribution in [0.25, 0.3) is 0 Å². The zero-order valence-electron chi connectivity index (χ0n) is 18.1. The van der Waals surface area contributed by atoms with Crippen LogP contribution in [0.4, 0.5) is 0 Å². The molecule has 1 saturated heterocycles. The standard InChI is InChI=1S/C24H29ClN2O5/c1-2-32-22(16-23(28)26-30)21(15-17-3-9-20(25)10-4-17)18-5-7-19(8-6-18)24(29)27-11-13-31-14-12-27/h3-10,21-22,30H,2,11-16H2,1H3,(H,26,28)/t21?,22-/m1/s1. The summed E-state index contributed by atoms with van der Waals surface area (Å²) in [5.74, 6) is -0.695. The second-order valence-corrected chi connectivity index (χ2v) is 8.13. The summed E-state index contributed by atoms with van der Waals surface area (Å²) >= 11 is 6.03.